The quantitative estimate of drug-likeness (QED) is 0.735. The predicted molar refractivity (Wildman–Crippen MR) is 59.6 cm³/mol. The van der Waals surface area contributed by atoms with Crippen LogP contribution in [0.4, 0.5) is 0 Å². The zero-order valence-electron chi connectivity index (χ0n) is 9.92. The fraction of sp³-hybridized carbons (Fsp3) is 1.00. The third kappa shape index (κ3) is 3.95. The first kappa shape index (κ1) is 12.0. The smallest absolute Gasteiger partial charge is 0.0678 e. The van der Waals surface area contributed by atoms with Gasteiger partial charge in [-0.3, -0.25) is 4.90 Å². The van der Waals surface area contributed by atoms with Crippen LogP contribution < -0.4 is 5.32 Å². The van der Waals surface area contributed by atoms with Crippen molar-refractivity contribution >= 4 is 0 Å². The van der Waals surface area contributed by atoms with Crippen LogP contribution in [0.5, 0.6) is 0 Å². The Kier molecular flexibility index (Phi) is 4.85. The fourth-order valence-corrected chi connectivity index (χ4v) is 2.23. The van der Waals surface area contributed by atoms with E-state index in [-0.39, 0.29) is 0 Å². The highest BCUT2D eigenvalue weighted by atomic mass is 16.5. The van der Waals surface area contributed by atoms with Gasteiger partial charge in [0.25, 0.3) is 0 Å². The average molecular weight is 200 g/mol. The maximum atomic E-state index is 5.70. The van der Waals surface area contributed by atoms with Crippen molar-refractivity contribution < 1.29 is 4.74 Å². The zero-order chi connectivity index (χ0) is 10.6. The van der Waals surface area contributed by atoms with Gasteiger partial charge in [-0.15, -0.1) is 0 Å². The third-order valence-electron chi connectivity index (χ3n) is 2.58. The number of hydrogen-bond acceptors (Lipinski definition) is 3. The molecule has 0 spiro atoms. The highest BCUT2D eigenvalue weighted by Crippen LogP contribution is 2.10. The summed E-state index contributed by atoms with van der Waals surface area (Å²) in [6, 6.07) is 0.581. The van der Waals surface area contributed by atoms with Crippen LogP contribution in [0.2, 0.25) is 0 Å². The van der Waals surface area contributed by atoms with Crippen molar-refractivity contribution in [1.29, 1.82) is 0 Å². The van der Waals surface area contributed by atoms with Crippen LogP contribution in [0.3, 0.4) is 0 Å². The van der Waals surface area contributed by atoms with Crippen LogP contribution in [0, 0.1) is 0 Å². The van der Waals surface area contributed by atoms with Gasteiger partial charge in [0.05, 0.1) is 12.2 Å². The number of nitrogens with zero attached hydrogens (tertiary/aromatic N) is 1. The molecule has 0 aromatic carbocycles. The highest BCUT2D eigenvalue weighted by Gasteiger charge is 2.22. The minimum absolute atomic E-state index is 0.382. The van der Waals surface area contributed by atoms with Gasteiger partial charge in [0.2, 0.25) is 0 Å². The first-order valence-electron chi connectivity index (χ1n) is 5.73. The normalized spacial score (nSPS) is 31.7. The first-order valence-corrected chi connectivity index (χ1v) is 5.73. The summed E-state index contributed by atoms with van der Waals surface area (Å²) in [5.74, 6) is 0. The molecule has 0 saturated carbocycles. The van der Waals surface area contributed by atoms with Gasteiger partial charge in [0.1, 0.15) is 0 Å². The minimum atomic E-state index is 0.382. The van der Waals surface area contributed by atoms with Crippen molar-refractivity contribution in [2.75, 3.05) is 26.2 Å². The molecule has 3 nitrogen and oxygen atoms in total. The monoisotopic (exact) mass is 200 g/mol. The fourth-order valence-electron chi connectivity index (χ4n) is 2.23. The van der Waals surface area contributed by atoms with Gasteiger partial charge in [-0.25, -0.2) is 0 Å². The number of hydrogen-bond donors (Lipinski definition) is 1. The number of rotatable bonds is 4. The molecule has 0 radical (unpaired) electrons. The Morgan fingerprint density at radius 3 is 2.43 bits per heavy atom. The molecule has 84 valence electrons. The molecule has 1 aliphatic rings. The van der Waals surface area contributed by atoms with Crippen molar-refractivity contribution in [2.45, 2.75) is 45.9 Å². The van der Waals surface area contributed by atoms with Crippen molar-refractivity contribution in [2.24, 2.45) is 0 Å². The first-order chi connectivity index (χ1) is 6.61. The molecule has 0 amide bonds. The van der Waals surface area contributed by atoms with E-state index in [1.807, 2.05) is 0 Å². The van der Waals surface area contributed by atoms with E-state index in [1.54, 1.807) is 0 Å². The number of morpholine rings is 1. The number of ether oxygens (including phenoxy) is 1. The SMILES string of the molecule is CCNC(C)CN1C[C@@H](C)O[C@@H](C)C1. The Hall–Kier alpha value is -0.120. The molecule has 3 atom stereocenters. The van der Waals surface area contributed by atoms with E-state index in [1.165, 1.54) is 0 Å². The Labute approximate surface area is 87.8 Å². The molecule has 1 heterocycles. The van der Waals surface area contributed by atoms with Gasteiger partial charge >= 0.3 is 0 Å². The van der Waals surface area contributed by atoms with E-state index in [0.717, 1.165) is 26.2 Å². The topological polar surface area (TPSA) is 24.5 Å². The van der Waals surface area contributed by atoms with Gasteiger partial charge in [-0.2, -0.15) is 0 Å². The maximum Gasteiger partial charge on any atom is 0.0678 e. The standard InChI is InChI=1S/C11H24N2O/c1-5-12-9(2)6-13-7-10(3)14-11(4)8-13/h9-12H,5-8H2,1-4H3/t9?,10-,11+. The summed E-state index contributed by atoms with van der Waals surface area (Å²) in [4.78, 5) is 2.49. The molecule has 14 heavy (non-hydrogen) atoms. The lowest BCUT2D eigenvalue weighted by Gasteiger charge is -2.36. The predicted octanol–water partition coefficient (Wildman–Crippen LogP) is 1.09. The molecule has 0 aliphatic carbocycles. The minimum Gasteiger partial charge on any atom is -0.373 e. The molecule has 1 fully saturated rings. The number of nitrogens with one attached hydrogen (secondary N) is 1. The molecular formula is C11H24N2O. The van der Waals surface area contributed by atoms with Crippen molar-refractivity contribution in [1.82, 2.24) is 10.2 Å². The summed E-state index contributed by atoms with van der Waals surface area (Å²) in [6.07, 6.45) is 0.764. The summed E-state index contributed by atoms with van der Waals surface area (Å²) in [6.45, 7) is 13.0. The lowest BCUT2D eigenvalue weighted by molar-refractivity contribution is -0.0694. The lowest BCUT2D eigenvalue weighted by atomic mass is 10.2. The number of likely N-dealkylation sites (N-methyl/N-ethyl adjacent to an activating group) is 1. The van der Waals surface area contributed by atoms with E-state index < -0.39 is 0 Å². The van der Waals surface area contributed by atoms with Gasteiger partial charge in [-0.05, 0) is 27.3 Å². The third-order valence-corrected chi connectivity index (χ3v) is 2.58. The van der Waals surface area contributed by atoms with Crippen LogP contribution in [-0.2, 0) is 4.74 Å². The Morgan fingerprint density at radius 2 is 1.93 bits per heavy atom. The van der Waals surface area contributed by atoms with Gasteiger partial charge in [0.15, 0.2) is 0 Å². The molecular weight excluding hydrogens is 176 g/mol. The molecule has 1 aliphatic heterocycles. The van der Waals surface area contributed by atoms with Crippen LogP contribution in [0.1, 0.15) is 27.7 Å². The van der Waals surface area contributed by atoms with E-state index >= 15 is 0 Å². The van der Waals surface area contributed by atoms with Crippen molar-refractivity contribution in [3.8, 4) is 0 Å². The summed E-state index contributed by atoms with van der Waals surface area (Å²) in [5, 5.41) is 3.44. The van der Waals surface area contributed by atoms with Crippen LogP contribution in [-0.4, -0.2) is 49.3 Å². The molecule has 1 N–H and O–H groups in total. The van der Waals surface area contributed by atoms with Crippen molar-refractivity contribution in [3.63, 3.8) is 0 Å². The Morgan fingerprint density at radius 1 is 1.36 bits per heavy atom. The molecule has 0 bridgehead atoms. The van der Waals surface area contributed by atoms with E-state index in [2.05, 4.69) is 37.9 Å². The van der Waals surface area contributed by atoms with Crippen molar-refractivity contribution in [3.05, 3.63) is 0 Å². The molecule has 0 aromatic heterocycles. The second-order valence-electron chi connectivity index (χ2n) is 4.43. The highest BCUT2D eigenvalue weighted by molar-refractivity contribution is 4.76. The zero-order valence-corrected chi connectivity index (χ0v) is 9.92. The van der Waals surface area contributed by atoms with Gasteiger partial charge < -0.3 is 10.1 Å². The summed E-state index contributed by atoms with van der Waals surface area (Å²) < 4.78 is 5.70. The lowest BCUT2D eigenvalue weighted by Crippen LogP contribution is -2.49. The second kappa shape index (κ2) is 5.69. The van der Waals surface area contributed by atoms with Gasteiger partial charge in [0, 0.05) is 25.7 Å². The summed E-state index contributed by atoms with van der Waals surface area (Å²) >= 11 is 0. The average Bonchev–Trinajstić information content (AvgIpc) is 2.01. The molecule has 0 aromatic rings. The Balaban J connectivity index is 2.29. The molecule has 1 unspecified atom stereocenters. The van der Waals surface area contributed by atoms with E-state index in [0.29, 0.717) is 18.2 Å². The molecule has 3 heteroatoms. The van der Waals surface area contributed by atoms with E-state index in [4.69, 9.17) is 4.74 Å². The Bertz CT molecular complexity index is 153. The van der Waals surface area contributed by atoms with Crippen LogP contribution >= 0.6 is 0 Å². The second-order valence-corrected chi connectivity index (χ2v) is 4.43. The van der Waals surface area contributed by atoms with E-state index in [9.17, 15) is 0 Å². The summed E-state index contributed by atoms with van der Waals surface area (Å²) in [5.41, 5.74) is 0. The maximum absolute atomic E-state index is 5.70. The molecule has 1 rings (SSSR count). The summed E-state index contributed by atoms with van der Waals surface area (Å²) in [7, 11) is 0. The van der Waals surface area contributed by atoms with Gasteiger partial charge in [-0.1, -0.05) is 6.92 Å². The van der Waals surface area contributed by atoms with Crippen LogP contribution in [0.25, 0.3) is 0 Å². The van der Waals surface area contributed by atoms with Crippen LogP contribution in [0.15, 0.2) is 0 Å². The molecule has 1 saturated heterocycles. The largest absolute Gasteiger partial charge is 0.373 e.